The van der Waals surface area contributed by atoms with E-state index in [0.717, 1.165) is 24.9 Å². The summed E-state index contributed by atoms with van der Waals surface area (Å²) in [6, 6.07) is 15.6. The van der Waals surface area contributed by atoms with Gasteiger partial charge < -0.3 is 10.0 Å². The molecule has 2 aromatic carbocycles. The third-order valence-electron chi connectivity index (χ3n) is 5.75. The molecule has 1 aliphatic heterocycles. The highest BCUT2D eigenvalue weighted by atomic mass is 32.2. The number of hydrogen-bond acceptors (Lipinski definition) is 4. The van der Waals surface area contributed by atoms with Crippen molar-refractivity contribution in [3.63, 3.8) is 0 Å². The van der Waals surface area contributed by atoms with Crippen molar-refractivity contribution in [2.45, 2.75) is 19.3 Å². The number of nitrogens with zero attached hydrogens (tertiary/aromatic N) is 2. The number of anilines is 1. The second kappa shape index (κ2) is 7.52. The van der Waals surface area contributed by atoms with Crippen molar-refractivity contribution in [2.24, 2.45) is 5.92 Å². The maximum atomic E-state index is 12.8. The minimum absolute atomic E-state index is 0.234. The van der Waals surface area contributed by atoms with Gasteiger partial charge in [0.2, 0.25) is 10.0 Å². The predicted molar refractivity (Wildman–Crippen MR) is 108 cm³/mol. The Morgan fingerprint density at radius 3 is 2.22 bits per heavy atom. The van der Waals surface area contributed by atoms with Crippen molar-refractivity contribution in [1.29, 1.82) is 0 Å². The van der Waals surface area contributed by atoms with E-state index in [4.69, 9.17) is 0 Å². The molecule has 5 nitrogen and oxygen atoms in total. The van der Waals surface area contributed by atoms with Gasteiger partial charge in [-0.25, -0.2) is 8.42 Å². The van der Waals surface area contributed by atoms with Crippen LogP contribution in [0.3, 0.4) is 0 Å². The van der Waals surface area contributed by atoms with Crippen molar-refractivity contribution < 1.29 is 13.5 Å². The molecule has 1 fully saturated rings. The van der Waals surface area contributed by atoms with Gasteiger partial charge in [0.15, 0.2) is 0 Å². The fourth-order valence-corrected chi connectivity index (χ4v) is 5.82. The molecular formula is C21H26N2O3S. The van der Waals surface area contributed by atoms with Crippen LogP contribution in [0.25, 0.3) is 0 Å². The van der Waals surface area contributed by atoms with Crippen LogP contribution in [0.2, 0.25) is 0 Å². The van der Waals surface area contributed by atoms with E-state index in [2.05, 4.69) is 29.2 Å². The molecule has 4 rings (SSSR count). The molecule has 0 radical (unpaired) electrons. The van der Waals surface area contributed by atoms with Crippen LogP contribution in [-0.2, 0) is 22.9 Å². The van der Waals surface area contributed by atoms with Gasteiger partial charge in [0.25, 0.3) is 0 Å². The molecule has 2 aliphatic rings. The standard InChI is InChI=1S/C21H26N2O3S/c24-21-7-3-6-20(16-21)22-9-11-23(12-10-22)27(25,26)13-8-17-14-18-4-1-2-5-19(18)15-17/h1-7,16-17,24H,8-15H2. The Morgan fingerprint density at radius 2 is 1.59 bits per heavy atom. The molecule has 1 heterocycles. The number of benzene rings is 2. The Balaban J connectivity index is 1.30. The number of hydrogen-bond donors (Lipinski definition) is 1. The molecule has 0 unspecified atom stereocenters. The smallest absolute Gasteiger partial charge is 0.214 e. The van der Waals surface area contributed by atoms with E-state index in [1.165, 1.54) is 11.1 Å². The van der Waals surface area contributed by atoms with Crippen molar-refractivity contribution >= 4 is 15.7 Å². The number of fused-ring (bicyclic) bond motifs is 1. The Labute approximate surface area is 161 Å². The average Bonchev–Trinajstić information content (AvgIpc) is 3.10. The van der Waals surface area contributed by atoms with E-state index in [-0.39, 0.29) is 11.5 Å². The minimum atomic E-state index is -3.21. The Kier molecular flexibility index (Phi) is 5.10. The lowest BCUT2D eigenvalue weighted by Crippen LogP contribution is -2.49. The Hall–Kier alpha value is -2.05. The first-order valence-electron chi connectivity index (χ1n) is 9.60. The minimum Gasteiger partial charge on any atom is -0.508 e. The molecular weight excluding hydrogens is 360 g/mol. The molecule has 0 spiro atoms. The van der Waals surface area contributed by atoms with E-state index in [0.29, 0.717) is 32.1 Å². The number of phenolic OH excluding ortho intramolecular Hbond substituents is 1. The molecule has 1 saturated heterocycles. The molecule has 27 heavy (non-hydrogen) atoms. The highest BCUT2D eigenvalue weighted by molar-refractivity contribution is 7.89. The normalized spacial score (nSPS) is 18.6. The van der Waals surface area contributed by atoms with E-state index in [1.54, 1.807) is 16.4 Å². The van der Waals surface area contributed by atoms with Gasteiger partial charge in [-0.15, -0.1) is 0 Å². The number of rotatable bonds is 5. The van der Waals surface area contributed by atoms with Crippen molar-refractivity contribution in [2.75, 3.05) is 36.8 Å². The number of aromatic hydroxyl groups is 1. The zero-order chi connectivity index (χ0) is 18.9. The first-order chi connectivity index (χ1) is 13.0. The average molecular weight is 387 g/mol. The van der Waals surface area contributed by atoms with Gasteiger partial charge in [0.1, 0.15) is 5.75 Å². The van der Waals surface area contributed by atoms with Crippen LogP contribution in [0.5, 0.6) is 5.75 Å². The second-order valence-electron chi connectivity index (χ2n) is 7.55. The lowest BCUT2D eigenvalue weighted by Gasteiger charge is -2.35. The quantitative estimate of drug-likeness (QED) is 0.858. The van der Waals surface area contributed by atoms with Gasteiger partial charge in [0.05, 0.1) is 5.75 Å². The summed E-state index contributed by atoms with van der Waals surface area (Å²) in [5.41, 5.74) is 3.69. The topological polar surface area (TPSA) is 60.9 Å². The van der Waals surface area contributed by atoms with E-state index < -0.39 is 10.0 Å². The van der Waals surface area contributed by atoms with Crippen LogP contribution in [0.15, 0.2) is 48.5 Å². The summed E-state index contributed by atoms with van der Waals surface area (Å²) >= 11 is 0. The van der Waals surface area contributed by atoms with Crippen molar-refractivity contribution in [1.82, 2.24) is 4.31 Å². The third-order valence-corrected chi connectivity index (χ3v) is 7.65. The summed E-state index contributed by atoms with van der Waals surface area (Å²) < 4.78 is 27.2. The molecule has 6 heteroatoms. The molecule has 144 valence electrons. The molecule has 2 aromatic rings. The Bertz CT molecular complexity index is 880. The summed E-state index contributed by atoms with van der Waals surface area (Å²) in [6.07, 6.45) is 2.72. The first kappa shape index (κ1) is 18.3. The van der Waals surface area contributed by atoms with Crippen LogP contribution < -0.4 is 4.90 Å². The highest BCUT2D eigenvalue weighted by Crippen LogP contribution is 2.29. The number of sulfonamides is 1. The number of piperazine rings is 1. The first-order valence-corrected chi connectivity index (χ1v) is 11.2. The summed E-state index contributed by atoms with van der Waals surface area (Å²) in [4.78, 5) is 2.12. The van der Waals surface area contributed by atoms with Crippen LogP contribution in [0.4, 0.5) is 5.69 Å². The maximum Gasteiger partial charge on any atom is 0.214 e. The summed E-state index contributed by atoms with van der Waals surface area (Å²) in [5, 5.41) is 9.63. The van der Waals surface area contributed by atoms with Crippen molar-refractivity contribution in [3.8, 4) is 5.75 Å². The van der Waals surface area contributed by atoms with Crippen molar-refractivity contribution in [3.05, 3.63) is 59.7 Å². The molecule has 1 N–H and O–H groups in total. The van der Waals surface area contributed by atoms with E-state index in [9.17, 15) is 13.5 Å². The molecule has 0 bridgehead atoms. The lowest BCUT2D eigenvalue weighted by molar-refractivity contribution is 0.381. The monoisotopic (exact) mass is 386 g/mol. The second-order valence-corrected chi connectivity index (χ2v) is 9.64. The number of phenols is 1. The zero-order valence-electron chi connectivity index (χ0n) is 15.4. The molecule has 0 aromatic heterocycles. The SMILES string of the molecule is O=S(=O)(CCC1Cc2ccccc2C1)N1CCN(c2cccc(O)c2)CC1. The molecule has 1 aliphatic carbocycles. The van der Waals surface area contributed by atoms with Crippen LogP contribution in [0.1, 0.15) is 17.5 Å². The predicted octanol–water partition coefficient (Wildman–Crippen LogP) is 2.65. The van der Waals surface area contributed by atoms with Gasteiger partial charge in [-0.2, -0.15) is 4.31 Å². The van der Waals surface area contributed by atoms with E-state index in [1.807, 2.05) is 12.1 Å². The molecule has 0 saturated carbocycles. The summed E-state index contributed by atoms with van der Waals surface area (Å²) in [5.74, 6) is 0.906. The third kappa shape index (κ3) is 4.12. The zero-order valence-corrected chi connectivity index (χ0v) is 16.2. The summed E-state index contributed by atoms with van der Waals surface area (Å²) in [7, 11) is -3.21. The Morgan fingerprint density at radius 1 is 0.926 bits per heavy atom. The van der Waals surface area contributed by atoms with Crippen LogP contribution >= 0.6 is 0 Å². The fraction of sp³-hybridized carbons (Fsp3) is 0.429. The van der Waals surface area contributed by atoms with E-state index >= 15 is 0 Å². The van der Waals surface area contributed by atoms with Gasteiger partial charge in [-0.3, -0.25) is 0 Å². The highest BCUT2D eigenvalue weighted by Gasteiger charge is 2.29. The van der Waals surface area contributed by atoms with Gasteiger partial charge in [-0.1, -0.05) is 30.3 Å². The molecule has 0 amide bonds. The van der Waals surface area contributed by atoms with Crippen LogP contribution in [-0.4, -0.2) is 49.8 Å². The van der Waals surface area contributed by atoms with Crippen LogP contribution in [0, 0.1) is 5.92 Å². The lowest BCUT2D eigenvalue weighted by atomic mass is 10.0. The van der Waals surface area contributed by atoms with Gasteiger partial charge in [0, 0.05) is 37.9 Å². The largest absolute Gasteiger partial charge is 0.508 e. The van der Waals surface area contributed by atoms with Gasteiger partial charge in [-0.05, 0) is 48.4 Å². The van der Waals surface area contributed by atoms with Gasteiger partial charge >= 0.3 is 0 Å². The fourth-order valence-electron chi connectivity index (χ4n) is 4.21. The maximum absolute atomic E-state index is 12.8. The molecule has 0 atom stereocenters. The summed E-state index contributed by atoms with van der Waals surface area (Å²) in [6.45, 7) is 2.31.